The summed E-state index contributed by atoms with van der Waals surface area (Å²) in [4.78, 5) is 16.7. The number of phenols is 1. The van der Waals surface area contributed by atoms with Crippen molar-refractivity contribution in [2.45, 2.75) is 0 Å². The van der Waals surface area contributed by atoms with E-state index in [-0.39, 0.29) is 5.75 Å². The fourth-order valence-electron chi connectivity index (χ4n) is 2.61. The Balaban J connectivity index is 1.59. The van der Waals surface area contributed by atoms with Gasteiger partial charge in [-0.1, -0.05) is 12.1 Å². The minimum absolute atomic E-state index is 0.136. The number of aromatic hydroxyl groups is 1. The third-order valence-electron chi connectivity index (χ3n) is 4.02. The van der Waals surface area contributed by atoms with Gasteiger partial charge in [-0.05, 0) is 36.4 Å². The summed E-state index contributed by atoms with van der Waals surface area (Å²) in [6, 6.07) is 13.8. The molecule has 0 amide bonds. The van der Waals surface area contributed by atoms with Gasteiger partial charge < -0.3 is 14.3 Å². The molecule has 4 rings (SSSR count). The van der Waals surface area contributed by atoms with Gasteiger partial charge in [0.1, 0.15) is 17.1 Å². The van der Waals surface area contributed by atoms with E-state index in [2.05, 4.69) is 15.5 Å². The predicted molar refractivity (Wildman–Crippen MR) is 109 cm³/mol. The fraction of sp³-hybridized carbons (Fsp3) is 0.0500. The zero-order chi connectivity index (χ0) is 19.5. The van der Waals surface area contributed by atoms with Crippen LogP contribution in [0.15, 0.2) is 68.2 Å². The number of phenolic OH excluding ortho intramolecular Hbond substituents is 1. The second-order valence-corrected chi connectivity index (χ2v) is 6.68. The van der Waals surface area contributed by atoms with Crippen LogP contribution in [0.3, 0.4) is 0 Å². The highest BCUT2D eigenvalue weighted by Gasteiger charge is 2.12. The third-order valence-corrected chi connectivity index (χ3v) is 4.77. The highest BCUT2D eigenvalue weighted by molar-refractivity contribution is 7.14. The maximum absolute atomic E-state index is 12.3. The molecule has 0 radical (unpaired) electrons. The van der Waals surface area contributed by atoms with Crippen molar-refractivity contribution in [3.05, 3.63) is 69.9 Å². The first-order valence-corrected chi connectivity index (χ1v) is 9.17. The molecule has 2 N–H and O–H groups in total. The standard InChI is InChI=1S/C20H15N3O4S/c1-26-14-6-7-18-13(8-14)9-15(19(25)27-18)16-11-28-20(22-16)23-21-10-12-4-2-3-5-17(12)24/h2-11,24H,1H3,(H,22,23). The van der Waals surface area contributed by atoms with Crippen LogP contribution in [-0.2, 0) is 0 Å². The number of aromatic nitrogens is 1. The Morgan fingerprint density at radius 3 is 2.93 bits per heavy atom. The van der Waals surface area contributed by atoms with Crippen molar-refractivity contribution in [3.63, 3.8) is 0 Å². The first-order chi connectivity index (χ1) is 13.6. The maximum atomic E-state index is 12.3. The molecule has 2 aromatic carbocycles. The number of ether oxygens (including phenoxy) is 1. The summed E-state index contributed by atoms with van der Waals surface area (Å²) in [5.74, 6) is 0.809. The molecule has 0 aliphatic rings. The molecule has 140 valence electrons. The molecular weight excluding hydrogens is 378 g/mol. The lowest BCUT2D eigenvalue weighted by atomic mass is 10.1. The van der Waals surface area contributed by atoms with Crippen LogP contribution in [-0.4, -0.2) is 23.4 Å². The van der Waals surface area contributed by atoms with Gasteiger partial charge in [0.2, 0.25) is 5.13 Å². The van der Waals surface area contributed by atoms with Crippen LogP contribution in [0.4, 0.5) is 5.13 Å². The lowest BCUT2D eigenvalue weighted by molar-refractivity contribution is 0.415. The quantitative estimate of drug-likeness (QED) is 0.301. The van der Waals surface area contributed by atoms with E-state index in [9.17, 15) is 9.90 Å². The number of nitrogens with zero attached hydrogens (tertiary/aromatic N) is 2. The van der Waals surface area contributed by atoms with E-state index in [1.165, 1.54) is 17.6 Å². The average Bonchev–Trinajstić information content (AvgIpc) is 3.17. The van der Waals surface area contributed by atoms with Gasteiger partial charge in [-0.25, -0.2) is 9.78 Å². The van der Waals surface area contributed by atoms with Crippen LogP contribution in [0.2, 0.25) is 0 Å². The SMILES string of the molecule is COc1ccc2oc(=O)c(-c3csc(NN=Cc4ccccc4O)n3)cc2c1. The molecule has 0 spiro atoms. The average molecular weight is 393 g/mol. The van der Waals surface area contributed by atoms with Crippen molar-refractivity contribution < 1.29 is 14.3 Å². The zero-order valence-corrected chi connectivity index (χ0v) is 15.6. The van der Waals surface area contributed by atoms with Gasteiger partial charge >= 0.3 is 5.63 Å². The number of thiazole rings is 1. The second-order valence-electron chi connectivity index (χ2n) is 5.82. The topological polar surface area (TPSA) is 97.0 Å². The van der Waals surface area contributed by atoms with Crippen molar-refractivity contribution >= 4 is 33.7 Å². The van der Waals surface area contributed by atoms with Gasteiger partial charge in [0.05, 0.1) is 24.6 Å². The van der Waals surface area contributed by atoms with Crippen LogP contribution >= 0.6 is 11.3 Å². The van der Waals surface area contributed by atoms with Gasteiger partial charge in [-0.3, -0.25) is 5.43 Å². The molecule has 2 aromatic heterocycles. The molecule has 0 aliphatic carbocycles. The van der Waals surface area contributed by atoms with Crippen LogP contribution < -0.4 is 15.8 Å². The molecule has 8 heteroatoms. The van der Waals surface area contributed by atoms with Gasteiger partial charge in [0.15, 0.2) is 0 Å². The van der Waals surface area contributed by atoms with Gasteiger partial charge in [0.25, 0.3) is 0 Å². The highest BCUT2D eigenvalue weighted by Crippen LogP contribution is 2.27. The first-order valence-electron chi connectivity index (χ1n) is 8.29. The van der Waals surface area contributed by atoms with Crippen molar-refractivity contribution in [2.75, 3.05) is 12.5 Å². The van der Waals surface area contributed by atoms with Crippen LogP contribution in [0, 0.1) is 0 Å². The molecular formula is C20H15N3O4S. The lowest BCUT2D eigenvalue weighted by Crippen LogP contribution is -2.03. The van der Waals surface area contributed by atoms with E-state index in [4.69, 9.17) is 9.15 Å². The summed E-state index contributed by atoms with van der Waals surface area (Å²) >= 11 is 1.30. The van der Waals surface area contributed by atoms with Crippen molar-refractivity contribution in [2.24, 2.45) is 5.10 Å². The number of fused-ring (bicyclic) bond motifs is 1. The van der Waals surface area contributed by atoms with E-state index in [1.54, 1.807) is 61.0 Å². The Bertz CT molecular complexity index is 1230. The summed E-state index contributed by atoms with van der Waals surface area (Å²) in [5.41, 5.74) is 4.24. The summed E-state index contributed by atoms with van der Waals surface area (Å²) in [5, 5.41) is 16.8. The third kappa shape index (κ3) is 3.58. The molecule has 0 aliphatic heterocycles. The van der Waals surface area contributed by atoms with E-state index in [1.807, 2.05) is 0 Å². The van der Waals surface area contributed by atoms with Crippen molar-refractivity contribution in [3.8, 4) is 22.8 Å². The summed E-state index contributed by atoms with van der Waals surface area (Å²) in [6.45, 7) is 0. The second kappa shape index (κ2) is 7.53. The molecule has 2 heterocycles. The van der Waals surface area contributed by atoms with E-state index < -0.39 is 5.63 Å². The largest absolute Gasteiger partial charge is 0.507 e. The fourth-order valence-corrected chi connectivity index (χ4v) is 3.27. The number of hydrazone groups is 1. The van der Waals surface area contributed by atoms with Gasteiger partial charge in [0, 0.05) is 16.3 Å². The van der Waals surface area contributed by atoms with E-state index >= 15 is 0 Å². The lowest BCUT2D eigenvalue weighted by Gasteiger charge is -2.03. The Labute approximate surface area is 163 Å². The van der Waals surface area contributed by atoms with Gasteiger partial charge in [-0.2, -0.15) is 5.10 Å². The van der Waals surface area contributed by atoms with Crippen LogP contribution in [0.1, 0.15) is 5.56 Å². The number of para-hydroxylation sites is 1. The van der Waals surface area contributed by atoms with Crippen molar-refractivity contribution in [1.29, 1.82) is 0 Å². The number of nitrogens with one attached hydrogen (secondary N) is 1. The summed E-state index contributed by atoms with van der Waals surface area (Å²) in [7, 11) is 1.58. The van der Waals surface area contributed by atoms with Crippen molar-refractivity contribution in [1.82, 2.24) is 4.98 Å². The number of methoxy groups -OCH3 is 1. The summed E-state index contributed by atoms with van der Waals surface area (Å²) in [6.07, 6.45) is 1.49. The molecule has 4 aromatic rings. The number of anilines is 1. The normalized spacial score (nSPS) is 11.2. The Morgan fingerprint density at radius 1 is 1.25 bits per heavy atom. The van der Waals surface area contributed by atoms with E-state index in [0.717, 1.165) is 5.39 Å². The number of benzene rings is 2. The first kappa shape index (κ1) is 17.7. The molecule has 0 unspecified atom stereocenters. The minimum Gasteiger partial charge on any atom is -0.507 e. The Hall–Kier alpha value is -3.65. The smallest absolute Gasteiger partial charge is 0.345 e. The molecule has 0 atom stereocenters. The monoisotopic (exact) mass is 393 g/mol. The molecule has 7 nitrogen and oxygen atoms in total. The summed E-state index contributed by atoms with van der Waals surface area (Å²) < 4.78 is 10.6. The zero-order valence-electron chi connectivity index (χ0n) is 14.7. The number of rotatable bonds is 5. The minimum atomic E-state index is -0.466. The highest BCUT2D eigenvalue weighted by atomic mass is 32.1. The number of hydrogen-bond donors (Lipinski definition) is 2. The van der Waals surface area contributed by atoms with E-state index in [0.29, 0.717) is 33.3 Å². The Morgan fingerprint density at radius 2 is 2.11 bits per heavy atom. The molecule has 0 saturated heterocycles. The molecule has 28 heavy (non-hydrogen) atoms. The Kier molecular flexibility index (Phi) is 4.77. The van der Waals surface area contributed by atoms with Crippen LogP contribution in [0.25, 0.3) is 22.2 Å². The molecule has 0 fully saturated rings. The maximum Gasteiger partial charge on any atom is 0.345 e. The molecule has 0 saturated carbocycles. The molecule has 0 bridgehead atoms. The van der Waals surface area contributed by atoms with Gasteiger partial charge in [-0.15, -0.1) is 11.3 Å². The van der Waals surface area contributed by atoms with Crippen LogP contribution in [0.5, 0.6) is 11.5 Å². The number of hydrogen-bond acceptors (Lipinski definition) is 8. The predicted octanol–water partition coefficient (Wildman–Crippen LogP) is 4.08.